The van der Waals surface area contributed by atoms with Crippen molar-refractivity contribution < 1.29 is 31.8 Å². The molecule has 5 rings (SSSR count). The molecule has 4 aromatic rings. The Hall–Kier alpha value is -3.82. The topological polar surface area (TPSA) is 121 Å². The highest BCUT2D eigenvalue weighted by atomic mass is 35.5. The van der Waals surface area contributed by atoms with Crippen molar-refractivity contribution in [1.29, 1.82) is 0 Å². The summed E-state index contributed by atoms with van der Waals surface area (Å²) in [6.07, 6.45) is 2.48. The van der Waals surface area contributed by atoms with Gasteiger partial charge in [-0.25, -0.2) is 26.9 Å². The highest BCUT2D eigenvalue weighted by Gasteiger charge is 2.40. The zero-order valence-electron chi connectivity index (χ0n) is 25.3. The number of anilines is 1. The number of aliphatic hydroxyl groups is 1. The van der Waals surface area contributed by atoms with Gasteiger partial charge in [0.1, 0.15) is 47.1 Å². The Kier molecular flexibility index (Phi) is 10.7. The monoisotopic (exact) mass is 708 g/mol. The molecule has 1 unspecified atom stereocenters. The first-order chi connectivity index (χ1) is 22.4. The van der Waals surface area contributed by atoms with Crippen LogP contribution in [0.1, 0.15) is 12.5 Å². The summed E-state index contributed by atoms with van der Waals surface area (Å²) in [5, 5.41) is 16.0. The molecular weight excluding hydrogens is 677 g/mol. The second-order valence-corrected chi connectivity index (χ2v) is 13.7. The average Bonchev–Trinajstić information content (AvgIpc) is 3.53. The van der Waals surface area contributed by atoms with Crippen molar-refractivity contribution in [3.63, 3.8) is 0 Å². The maximum absolute atomic E-state index is 15.2. The van der Waals surface area contributed by atoms with Gasteiger partial charge in [0, 0.05) is 68.5 Å². The van der Waals surface area contributed by atoms with Crippen molar-refractivity contribution in [1.82, 2.24) is 24.0 Å². The van der Waals surface area contributed by atoms with Gasteiger partial charge in [0.15, 0.2) is 0 Å². The zero-order valence-corrected chi connectivity index (χ0v) is 27.6. The minimum absolute atomic E-state index is 0.0439. The van der Waals surface area contributed by atoms with Crippen LogP contribution in [0.25, 0.3) is 0 Å². The predicted molar refractivity (Wildman–Crippen MR) is 172 cm³/mol. The van der Waals surface area contributed by atoms with Gasteiger partial charge in [-0.3, -0.25) is 4.79 Å². The first kappa shape index (κ1) is 34.5. The van der Waals surface area contributed by atoms with Gasteiger partial charge in [-0.1, -0.05) is 29.3 Å². The fourth-order valence-corrected chi connectivity index (χ4v) is 7.59. The Bertz CT molecular complexity index is 1810. The minimum atomic E-state index is -4.45. The molecule has 11 nitrogen and oxygen atoms in total. The van der Waals surface area contributed by atoms with E-state index in [0.29, 0.717) is 38.0 Å². The Balaban J connectivity index is 1.39. The summed E-state index contributed by atoms with van der Waals surface area (Å²) in [6.45, 7) is 2.62. The third-order valence-electron chi connectivity index (χ3n) is 7.81. The van der Waals surface area contributed by atoms with E-state index in [0.717, 1.165) is 22.1 Å². The predicted octanol–water partition coefficient (Wildman–Crippen LogP) is 4.19. The third kappa shape index (κ3) is 8.19. The molecular formula is C31H32Cl2F2N6O5S. The summed E-state index contributed by atoms with van der Waals surface area (Å²) >= 11 is 12.3. The van der Waals surface area contributed by atoms with E-state index in [1.54, 1.807) is 24.0 Å². The average molecular weight is 710 g/mol. The molecule has 0 spiro atoms. The summed E-state index contributed by atoms with van der Waals surface area (Å²) in [6, 6.07) is 13.7. The molecule has 1 amide bonds. The molecule has 16 heteroatoms. The Morgan fingerprint density at radius 3 is 2.38 bits per heavy atom. The van der Waals surface area contributed by atoms with Crippen LogP contribution in [0.3, 0.4) is 0 Å². The molecule has 1 N–H and O–H groups in total. The summed E-state index contributed by atoms with van der Waals surface area (Å²) in [7, 11) is -4.45. The number of hydrogen-bond acceptors (Lipinski definition) is 8. The van der Waals surface area contributed by atoms with Crippen molar-refractivity contribution in [2.75, 3.05) is 50.8 Å². The number of sulfonamides is 1. The van der Waals surface area contributed by atoms with Gasteiger partial charge >= 0.3 is 0 Å². The summed E-state index contributed by atoms with van der Waals surface area (Å²) in [5.74, 6) is -1.44. The van der Waals surface area contributed by atoms with E-state index in [1.165, 1.54) is 35.5 Å². The van der Waals surface area contributed by atoms with Crippen molar-refractivity contribution in [2.45, 2.75) is 24.0 Å². The number of amides is 1. The van der Waals surface area contributed by atoms with Crippen LogP contribution in [0.15, 0.2) is 78.2 Å². The summed E-state index contributed by atoms with van der Waals surface area (Å²) in [4.78, 5) is 19.1. The SMILES string of the molecule is CC(=O)N1CCN(c2ccc(OCCN(CC(O)(Cn3cncn3)c3ccc(F)cc3F)S(=O)(=O)c3ccc(Cl)cc3Cl)cc2)CC1. The lowest BCUT2D eigenvalue weighted by Crippen LogP contribution is -2.48. The van der Waals surface area contributed by atoms with E-state index < -0.39 is 40.3 Å². The second kappa shape index (κ2) is 14.5. The zero-order chi connectivity index (χ0) is 33.8. The number of ether oxygens (including phenoxy) is 1. The van der Waals surface area contributed by atoms with Crippen LogP contribution in [-0.4, -0.2) is 89.3 Å². The lowest BCUT2D eigenvalue weighted by molar-refractivity contribution is -0.129. The molecule has 250 valence electrons. The molecule has 0 radical (unpaired) electrons. The lowest BCUT2D eigenvalue weighted by Gasteiger charge is -2.35. The van der Waals surface area contributed by atoms with Gasteiger partial charge in [0.05, 0.1) is 11.6 Å². The second-order valence-electron chi connectivity index (χ2n) is 11.0. The fraction of sp³-hybridized carbons (Fsp3) is 0.323. The van der Waals surface area contributed by atoms with Crippen molar-refractivity contribution in [2.24, 2.45) is 0 Å². The Labute approximate surface area is 280 Å². The Morgan fingerprint density at radius 1 is 1.04 bits per heavy atom. The maximum Gasteiger partial charge on any atom is 0.244 e. The maximum atomic E-state index is 15.2. The van der Waals surface area contributed by atoms with Gasteiger partial charge in [-0.05, 0) is 48.5 Å². The number of rotatable bonds is 12. The van der Waals surface area contributed by atoms with Gasteiger partial charge < -0.3 is 19.6 Å². The smallest absolute Gasteiger partial charge is 0.244 e. The molecule has 1 aromatic heterocycles. The van der Waals surface area contributed by atoms with E-state index in [9.17, 15) is 22.7 Å². The molecule has 0 aliphatic carbocycles. The van der Waals surface area contributed by atoms with E-state index >= 15 is 4.39 Å². The normalized spacial score (nSPS) is 15.1. The standard InChI is InChI=1S/C31H32Cl2F2N6O5S/c1-22(42)38-10-12-39(13-11-38)25-4-6-26(7-5-25)46-15-14-41(47(44,45)30-9-2-23(32)16-28(30)33)19-31(43,18-40-21-36-20-37-40)27-8-3-24(34)17-29(27)35/h2-9,16-17,20-21,43H,10-15,18-19H2,1H3. The number of piperazine rings is 1. The first-order valence-electron chi connectivity index (χ1n) is 14.5. The van der Waals surface area contributed by atoms with E-state index in [2.05, 4.69) is 15.0 Å². The third-order valence-corrected chi connectivity index (χ3v) is 10.4. The lowest BCUT2D eigenvalue weighted by atomic mass is 9.92. The van der Waals surface area contributed by atoms with E-state index in [-0.39, 0.29) is 39.6 Å². The highest BCUT2D eigenvalue weighted by molar-refractivity contribution is 7.89. The van der Waals surface area contributed by atoms with Crippen LogP contribution in [0, 0.1) is 11.6 Å². The molecule has 1 aliphatic rings. The molecule has 3 aromatic carbocycles. The van der Waals surface area contributed by atoms with Crippen LogP contribution in [0.5, 0.6) is 5.75 Å². The van der Waals surface area contributed by atoms with Crippen LogP contribution >= 0.6 is 23.2 Å². The van der Waals surface area contributed by atoms with Gasteiger partial charge in [-0.15, -0.1) is 0 Å². The van der Waals surface area contributed by atoms with Crippen molar-refractivity contribution in [3.8, 4) is 5.75 Å². The number of aromatic nitrogens is 3. The van der Waals surface area contributed by atoms with Crippen molar-refractivity contribution in [3.05, 3.63) is 101 Å². The Morgan fingerprint density at radius 2 is 1.77 bits per heavy atom. The van der Waals surface area contributed by atoms with E-state index in [1.807, 2.05) is 12.1 Å². The number of carbonyl (C=O) groups excluding carboxylic acids is 1. The summed E-state index contributed by atoms with van der Waals surface area (Å²) < 4.78 is 65.2. The molecule has 0 bridgehead atoms. The number of halogens is 4. The largest absolute Gasteiger partial charge is 0.492 e. The van der Waals surface area contributed by atoms with E-state index in [4.69, 9.17) is 27.9 Å². The van der Waals surface area contributed by atoms with Gasteiger partial charge in [-0.2, -0.15) is 9.40 Å². The molecule has 0 saturated carbocycles. The van der Waals surface area contributed by atoms with Crippen molar-refractivity contribution >= 4 is 44.8 Å². The number of benzene rings is 3. The highest BCUT2D eigenvalue weighted by Crippen LogP contribution is 2.33. The molecule has 2 heterocycles. The fourth-order valence-electron chi connectivity index (χ4n) is 5.37. The number of nitrogens with zero attached hydrogens (tertiary/aromatic N) is 6. The van der Waals surface area contributed by atoms with Crippen LogP contribution in [0.4, 0.5) is 14.5 Å². The van der Waals surface area contributed by atoms with Gasteiger partial charge in [0.2, 0.25) is 15.9 Å². The summed E-state index contributed by atoms with van der Waals surface area (Å²) in [5.41, 5.74) is -1.65. The minimum Gasteiger partial charge on any atom is -0.492 e. The van der Waals surface area contributed by atoms with Crippen LogP contribution in [0.2, 0.25) is 10.0 Å². The molecule has 47 heavy (non-hydrogen) atoms. The quantitative estimate of drug-likeness (QED) is 0.233. The van der Waals surface area contributed by atoms with Crippen LogP contribution < -0.4 is 9.64 Å². The first-order valence-corrected chi connectivity index (χ1v) is 16.7. The molecule has 1 saturated heterocycles. The van der Waals surface area contributed by atoms with Gasteiger partial charge in [0.25, 0.3) is 0 Å². The van der Waals surface area contributed by atoms with Crippen LogP contribution in [-0.2, 0) is 27.0 Å². The molecule has 1 fully saturated rings. The molecule has 1 aliphatic heterocycles. The number of carbonyl (C=O) groups is 1. The number of hydrogen-bond donors (Lipinski definition) is 1. The molecule has 1 atom stereocenters.